The smallest absolute Gasteiger partial charge is 0.277 e. The zero-order valence-electron chi connectivity index (χ0n) is 14.0. The number of carbonyl (C=O) groups excluding carboxylic acids is 1. The number of anilines is 1. The zero-order valence-corrected chi connectivity index (χ0v) is 15.6. The SMILES string of the molecule is C[C@H](Sc1nnc(C[C@H]2CCS(=O)(=O)C2)o1)C(=O)Nc1cccc(F)c1. The average molecular weight is 399 g/mol. The summed E-state index contributed by atoms with van der Waals surface area (Å²) in [5.41, 5.74) is 0.371. The van der Waals surface area contributed by atoms with E-state index in [0.29, 0.717) is 24.4 Å². The maximum atomic E-state index is 13.2. The van der Waals surface area contributed by atoms with Crippen LogP contribution in [0.3, 0.4) is 0 Å². The minimum Gasteiger partial charge on any atom is -0.416 e. The molecule has 0 bridgehead atoms. The molecule has 1 aliphatic rings. The maximum Gasteiger partial charge on any atom is 0.277 e. The number of aromatic nitrogens is 2. The normalized spacial score (nSPS) is 20.0. The molecule has 1 N–H and O–H groups in total. The van der Waals surface area contributed by atoms with E-state index >= 15 is 0 Å². The van der Waals surface area contributed by atoms with E-state index in [-0.39, 0.29) is 28.6 Å². The highest BCUT2D eigenvalue weighted by atomic mass is 32.2. The van der Waals surface area contributed by atoms with Gasteiger partial charge in [-0.25, -0.2) is 12.8 Å². The van der Waals surface area contributed by atoms with Crippen molar-refractivity contribution in [1.82, 2.24) is 10.2 Å². The zero-order chi connectivity index (χ0) is 18.7. The Morgan fingerprint density at radius 2 is 2.27 bits per heavy atom. The van der Waals surface area contributed by atoms with Gasteiger partial charge in [-0.1, -0.05) is 17.8 Å². The Kier molecular flexibility index (Phi) is 5.61. The van der Waals surface area contributed by atoms with Gasteiger partial charge in [-0.05, 0) is 37.5 Å². The predicted octanol–water partition coefficient (Wildman–Crippen LogP) is 2.31. The standard InChI is InChI=1S/C16H18FN3O4S2/c1-10(15(21)18-13-4-2-3-12(17)8-13)25-16-20-19-14(24-16)7-11-5-6-26(22,23)9-11/h2-4,8,10-11H,5-7,9H2,1H3,(H,18,21)/t10-,11+/m0/s1. The van der Waals surface area contributed by atoms with E-state index in [1.165, 1.54) is 18.2 Å². The highest BCUT2D eigenvalue weighted by Gasteiger charge is 2.29. The highest BCUT2D eigenvalue weighted by molar-refractivity contribution is 8.00. The van der Waals surface area contributed by atoms with Gasteiger partial charge in [0, 0.05) is 12.1 Å². The van der Waals surface area contributed by atoms with E-state index in [1.54, 1.807) is 13.0 Å². The van der Waals surface area contributed by atoms with Crippen LogP contribution in [-0.2, 0) is 21.1 Å². The molecule has 2 heterocycles. The van der Waals surface area contributed by atoms with Crippen molar-refractivity contribution in [2.24, 2.45) is 5.92 Å². The summed E-state index contributed by atoms with van der Waals surface area (Å²) < 4.78 is 41.6. The van der Waals surface area contributed by atoms with E-state index in [0.717, 1.165) is 11.8 Å². The number of hydrogen-bond donors (Lipinski definition) is 1. The molecule has 2 aromatic rings. The van der Waals surface area contributed by atoms with Crippen molar-refractivity contribution in [3.05, 3.63) is 36.0 Å². The van der Waals surface area contributed by atoms with Crippen LogP contribution in [0.25, 0.3) is 0 Å². The number of nitrogens with one attached hydrogen (secondary N) is 1. The van der Waals surface area contributed by atoms with Crippen molar-refractivity contribution in [2.75, 3.05) is 16.8 Å². The Hall–Kier alpha value is -1.94. The van der Waals surface area contributed by atoms with Crippen LogP contribution in [-0.4, -0.2) is 41.3 Å². The van der Waals surface area contributed by atoms with Crippen LogP contribution in [0.2, 0.25) is 0 Å². The van der Waals surface area contributed by atoms with Crippen LogP contribution >= 0.6 is 11.8 Å². The van der Waals surface area contributed by atoms with Crippen LogP contribution in [0.5, 0.6) is 0 Å². The molecular weight excluding hydrogens is 381 g/mol. The van der Waals surface area contributed by atoms with Crippen LogP contribution in [0.1, 0.15) is 19.2 Å². The lowest BCUT2D eigenvalue weighted by Gasteiger charge is -2.09. The third-order valence-electron chi connectivity index (χ3n) is 3.98. The fourth-order valence-electron chi connectivity index (χ4n) is 2.66. The van der Waals surface area contributed by atoms with Gasteiger partial charge in [-0.2, -0.15) is 0 Å². The van der Waals surface area contributed by atoms with Crippen molar-refractivity contribution in [1.29, 1.82) is 0 Å². The molecule has 0 spiro atoms. The molecule has 1 amide bonds. The number of thioether (sulfide) groups is 1. The van der Waals surface area contributed by atoms with Crippen LogP contribution in [0.4, 0.5) is 10.1 Å². The van der Waals surface area contributed by atoms with Gasteiger partial charge in [0.25, 0.3) is 5.22 Å². The molecular formula is C16H18FN3O4S2. The number of amides is 1. The number of carbonyl (C=O) groups is 1. The van der Waals surface area contributed by atoms with E-state index in [2.05, 4.69) is 15.5 Å². The molecule has 0 saturated carbocycles. The molecule has 2 atom stereocenters. The Balaban J connectivity index is 1.54. The molecule has 0 unspecified atom stereocenters. The molecule has 7 nitrogen and oxygen atoms in total. The molecule has 3 rings (SSSR count). The second-order valence-corrected chi connectivity index (χ2v) is 9.72. The molecule has 1 aliphatic heterocycles. The summed E-state index contributed by atoms with van der Waals surface area (Å²) in [5.74, 6) is -0.0465. The van der Waals surface area contributed by atoms with Crippen LogP contribution in [0.15, 0.2) is 33.9 Å². The summed E-state index contributed by atoms with van der Waals surface area (Å²) in [5, 5.41) is 10.1. The lowest BCUT2D eigenvalue weighted by atomic mass is 10.1. The summed E-state index contributed by atoms with van der Waals surface area (Å²) in [7, 11) is -2.95. The molecule has 1 aromatic heterocycles. The molecule has 1 aromatic carbocycles. The van der Waals surface area contributed by atoms with Crippen molar-refractivity contribution in [2.45, 2.75) is 30.2 Å². The summed E-state index contributed by atoms with van der Waals surface area (Å²) in [6.45, 7) is 1.67. The quantitative estimate of drug-likeness (QED) is 0.744. The van der Waals surface area contributed by atoms with E-state index < -0.39 is 20.9 Å². The third kappa shape index (κ3) is 5.04. The lowest BCUT2D eigenvalue weighted by Crippen LogP contribution is -2.22. The first-order valence-electron chi connectivity index (χ1n) is 8.06. The average Bonchev–Trinajstić information content (AvgIpc) is 3.13. The molecule has 140 valence electrons. The van der Waals surface area contributed by atoms with E-state index in [4.69, 9.17) is 4.42 Å². The van der Waals surface area contributed by atoms with Gasteiger partial charge in [0.1, 0.15) is 5.82 Å². The van der Waals surface area contributed by atoms with Gasteiger partial charge >= 0.3 is 0 Å². The number of rotatable bonds is 6. The number of benzene rings is 1. The fourth-order valence-corrected chi connectivity index (χ4v) is 5.23. The minimum absolute atomic E-state index is 0.00741. The number of halogens is 1. The molecule has 10 heteroatoms. The summed E-state index contributed by atoms with van der Waals surface area (Å²) >= 11 is 1.09. The molecule has 0 radical (unpaired) electrons. The van der Waals surface area contributed by atoms with Gasteiger partial charge in [0.15, 0.2) is 9.84 Å². The molecule has 0 aliphatic carbocycles. The first-order valence-corrected chi connectivity index (χ1v) is 10.8. The summed E-state index contributed by atoms with van der Waals surface area (Å²) in [6, 6.07) is 5.63. The minimum atomic E-state index is -2.95. The Bertz CT molecular complexity index is 900. The van der Waals surface area contributed by atoms with Crippen molar-refractivity contribution in [3.63, 3.8) is 0 Å². The monoisotopic (exact) mass is 399 g/mol. The summed E-state index contributed by atoms with van der Waals surface area (Å²) in [6.07, 6.45) is 1.01. The molecule has 1 fully saturated rings. The van der Waals surface area contributed by atoms with E-state index in [9.17, 15) is 17.6 Å². The third-order valence-corrected chi connectivity index (χ3v) is 6.75. The molecule has 1 saturated heterocycles. The van der Waals surface area contributed by atoms with E-state index in [1.807, 2.05) is 0 Å². The van der Waals surface area contributed by atoms with Gasteiger partial charge in [0.05, 0.1) is 16.8 Å². The molecule has 26 heavy (non-hydrogen) atoms. The number of nitrogens with zero attached hydrogens (tertiary/aromatic N) is 2. The van der Waals surface area contributed by atoms with Crippen molar-refractivity contribution >= 4 is 33.2 Å². The highest BCUT2D eigenvalue weighted by Crippen LogP contribution is 2.26. The van der Waals surface area contributed by atoms with Crippen LogP contribution < -0.4 is 5.32 Å². The maximum absolute atomic E-state index is 13.2. The predicted molar refractivity (Wildman–Crippen MR) is 95.1 cm³/mol. The number of sulfone groups is 1. The Morgan fingerprint density at radius 3 is 2.96 bits per heavy atom. The summed E-state index contributed by atoms with van der Waals surface area (Å²) in [4.78, 5) is 12.2. The van der Waals surface area contributed by atoms with Crippen molar-refractivity contribution < 1.29 is 22.0 Å². The number of hydrogen-bond acceptors (Lipinski definition) is 7. The fraction of sp³-hybridized carbons (Fsp3) is 0.438. The van der Waals surface area contributed by atoms with Gasteiger partial charge in [0.2, 0.25) is 11.8 Å². The first kappa shape index (κ1) is 18.8. The second kappa shape index (κ2) is 7.75. The van der Waals surface area contributed by atoms with Crippen LogP contribution in [0, 0.1) is 11.7 Å². The van der Waals surface area contributed by atoms with Gasteiger partial charge in [-0.3, -0.25) is 4.79 Å². The van der Waals surface area contributed by atoms with Gasteiger partial charge in [-0.15, -0.1) is 10.2 Å². The second-order valence-electron chi connectivity index (χ2n) is 6.19. The van der Waals surface area contributed by atoms with Crippen molar-refractivity contribution in [3.8, 4) is 0 Å². The largest absolute Gasteiger partial charge is 0.416 e. The first-order chi connectivity index (χ1) is 12.3. The Labute approximate surface area is 154 Å². The Morgan fingerprint density at radius 1 is 1.46 bits per heavy atom. The van der Waals surface area contributed by atoms with Gasteiger partial charge < -0.3 is 9.73 Å². The topological polar surface area (TPSA) is 102 Å². The lowest BCUT2D eigenvalue weighted by molar-refractivity contribution is -0.115.